The van der Waals surface area contributed by atoms with Crippen LogP contribution >= 0.6 is 0 Å². The van der Waals surface area contributed by atoms with Gasteiger partial charge in [0.1, 0.15) is 6.61 Å². The van der Waals surface area contributed by atoms with Crippen molar-refractivity contribution >= 4 is 5.97 Å². The van der Waals surface area contributed by atoms with Crippen LogP contribution in [-0.4, -0.2) is 35.6 Å². The minimum Gasteiger partial charge on any atom is -0.476 e. The normalized spacial score (nSPS) is 12.6. The molecule has 1 unspecified atom stereocenters. The third-order valence-corrected chi connectivity index (χ3v) is 1.84. The standard InChI is InChI=1S/C10H15NO5/c1-3-14-5-7(2)15-6-8-4-9(10(12)13)11-16-8/h4,7H,3,5-6H2,1-2H3,(H,12,13). The number of aromatic nitrogens is 1. The number of hydrogen-bond donors (Lipinski definition) is 1. The van der Waals surface area contributed by atoms with Crippen molar-refractivity contribution in [1.82, 2.24) is 5.16 Å². The number of hydrogen-bond acceptors (Lipinski definition) is 5. The predicted octanol–water partition coefficient (Wildman–Crippen LogP) is 1.31. The van der Waals surface area contributed by atoms with E-state index in [4.69, 9.17) is 19.1 Å². The second-order valence-corrected chi connectivity index (χ2v) is 3.26. The molecule has 1 atom stereocenters. The van der Waals surface area contributed by atoms with E-state index in [1.807, 2.05) is 13.8 Å². The van der Waals surface area contributed by atoms with Gasteiger partial charge in [-0.1, -0.05) is 5.16 Å². The maximum Gasteiger partial charge on any atom is 0.358 e. The molecule has 0 bridgehead atoms. The first-order valence-corrected chi connectivity index (χ1v) is 5.01. The van der Waals surface area contributed by atoms with Crippen LogP contribution in [0.4, 0.5) is 0 Å². The van der Waals surface area contributed by atoms with Gasteiger partial charge in [0.25, 0.3) is 0 Å². The van der Waals surface area contributed by atoms with E-state index >= 15 is 0 Å². The van der Waals surface area contributed by atoms with Gasteiger partial charge in [0.2, 0.25) is 0 Å². The second kappa shape index (κ2) is 6.24. The Balaban J connectivity index is 2.33. The lowest BCUT2D eigenvalue weighted by molar-refractivity contribution is -0.0183. The van der Waals surface area contributed by atoms with Gasteiger partial charge in [-0.2, -0.15) is 0 Å². The van der Waals surface area contributed by atoms with E-state index in [-0.39, 0.29) is 18.4 Å². The SMILES string of the molecule is CCOCC(C)OCc1cc(C(=O)O)no1. The Hall–Kier alpha value is -1.40. The lowest BCUT2D eigenvalue weighted by atomic mass is 10.3. The molecule has 0 saturated heterocycles. The van der Waals surface area contributed by atoms with Crippen LogP contribution in [0, 0.1) is 0 Å². The van der Waals surface area contributed by atoms with Crippen molar-refractivity contribution in [2.45, 2.75) is 26.6 Å². The number of ether oxygens (including phenoxy) is 2. The summed E-state index contributed by atoms with van der Waals surface area (Å²) in [6.45, 7) is 5.09. The molecule has 90 valence electrons. The molecule has 6 heteroatoms. The highest BCUT2D eigenvalue weighted by Gasteiger charge is 2.11. The molecule has 6 nitrogen and oxygen atoms in total. The molecule has 1 heterocycles. The molecule has 16 heavy (non-hydrogen) atoms. The number of rotatable bonds is 7. The van der Waals surface area contributed by atoms with Gasteiger partial charge in [0.15, 0.2) is 11.5 Å². The summed E-state index contributed by atoms with van der Waals surface area (Å²) in [7, 11) is 0. The highest BCUT2D eigenvalue weighted by atomic mass is 16.5. The maximum atomic E-state index is 10.5. The fourth-order valence-electron chi connectivity index (χ4n) is 1.04. The van der Waals surface area contributed by atoms with Crippen LogP contribution < -0.4 is 0 Å². The smallest absolute Gasteiger partial charge is 0.358 e. The Labute approximate surface area is 93.1 Å². The number of carbonyl (C=O) groups is 1. The Kier molecular flexibility index (Phi) is 4.94. The molecule has 0 aromatic carbocycles. The summed E-state index contributed by atoms with van der Waals surface area (Å²) in [5, 5.41) is 12.0. The zero-order chi connectivity index (χ0) is 12.0. The van der Waals surface area contributed by atoms with E-state index in [1.165, 1.54) is 6.07 Å². The Bertz CT molecular complexity index is 336. The Morgan fingerprint density at radius 1 is 1.69 bits per heavy atom. The zero-order valence-electron chi connectivity index (χ0n) is 9.30. The third kappa shape index (κ3) is 4.00. The van der Waals surface area contributed by atoms with Gasteiger partial charge in [0.05, 0.1) is 12.7 Å². The summed E-state index contributed by atoms with van der Waals surface area (Å²) in [4.78, 5) is 10.5. The summed E-state index contributed by atoms with van der Waals surface area (Å²) >= 11 is 0. The quantitative estimate of drug-likeness (QED) is 0.759. The van der Waals surface area contributed by atoms with Crippen LogP contribution in [0.3, 0.4) is 0 Å². The summed E-state index contributed by atoms with van der Waals surface area (Å²) in [6, 6.07) is 1.34. The van der Waals surface area contributed by atoms with Gasteiger partial charge in [-0.3, -0.25) is 0 Å². The summed E-state index contributed by atoms with van der Waals surface area (Å²) < 4.78 is 15.3. The fourth-order valence-corrected chi connectivity index (χ4v) is 1.04. The number of carboxylic acids is 1. The fraction of sp³-hybridized carbons (Fsp3) is 0.600. The van der Waals surface area contributed by atoms with Gasteiger partial charge in [-0.15, -0.1) is 0 Å². The van der Waals surface area contributed by atoms with Gasteiger partial charge < -0.3 is 19.1 Å². The highest BCUT2D eigenvalue weighted by Crippen LogP contribution is 2.06. The van der Waals surface area contributed by atoms with Crippen molar-refractivity contribution in [3.8, 4) is 0 Å². The molecular weight excluding hydrogens is 214 g/mol. The molecule has 0 fully saturated rings. The molecular formula is C10H15NO5. The average molecular weight is 229 g/mol. The summed E-state index contributed by atoms with van der Waals surface area (Å²) in [6.07, 6.45) is -0.0710. The zero-order valence-corrected chi connectivity index (χ0v) is 9.30. The molecule has 1 rings (SSSR count). The Morgan fingerprint density at radius 2 is 2.44 bits per heavy atom. The molecule has 1 aromatic rings. The van der Waals surface area contributed by atoms with Crippen molar-refractivity contribution in [2.24, 2.45) is 0 Å². The van der Waals surface area contributed by atoms with Crippen LogP contribution in [0.2, 0.25) is 0 Å². The molecule has 1 N–H and O–H groups in total. The van der Waals surface area contributed by atoms with Crippen LogP contribution in [-0.2, 0) is 16.1 Å². The summed E-state index contributed by atoms with van der Waals surface area (Å²) in [5.41, 5.74) is -0.115. The van der Waals surface area contributed by atoms with Crippen molar-refractivity contribution < 1.29 is 23.9 Å². The van der Waals surface area contributed by atoms with Crippen LogP contribution in [0.15, 0.2) is 10.6 Å². The monoisotopic (exact) mass is 229 g/mol. The molecule has 0 aliphatic heterocycles. The van der Waals surface area contributed by atoms with Gasteiger partial charge in [-0.25, -0.2) is 4.79 Å². The van der Waals surface area contributed by atoms with Gasteiger partial charge >= 0.3 is 5.97 Å². The molecule has 0 saturated carbocycles. The molecule has 0 aliphatic carbocycles. The van der Waals surface area contributed by atoms with E-state index in [0.717, 1.165) is 0 Å². The third-order valence-electron chi connectivity index (χ3n) is 1.84. The predicted molar refractivity (Wildman–Crippen MR) is 54.2 cm³/mol. The lowest BCUT2D eigenvalue weighted by Crippen LogP contribution is -2.15. The van der Waals surface area contributed by atoms with Crippen LogP contribution in [0.1, 0.15) is 30.1 Å². The van der Waals surface area contributed by atoms with Crippen molar-refractivity contribution in [1.29, 1.82) is 0 Å². The van der Waals surface area contributed by atoms with E-state index in [0.29, 0.717) is 19.0 Å². The van der Waals surface area contributed by atoms with Crippen molar-refractivity contribution in [3.05, 3.63) is 17.5 Å². The second-order valence-electron chi connectivity index (χ2n) is 3.26. The van der Waals surface area contributed by atoms with Gasteiger partial charge in [0, 0.05) is 12.7 Å². The van der Waals surface area contributed by atoms with Crippen molar-refractivity contribution in [2.75, 3.05) is 13.2 Å². The number of aromatic carboxylic acids is 1. The largest absolute Gasteiger partial charge is 0.476 e. The lowest BCUT2D eigenvalue weighted by Gasteiger charge is -2.10. The molecule has 0 radical (unpaired) electrons. The first-order valence-electron chi connectivity index (χ1n) is 5.01. The first kappa shape index (κ1) is 12.7. The average Bonchev–Trinajstić information content (AvgIpc) is 2.72. The van der Waals surface area contributed by atoms with E-state index < -0.39 is 5.97 Å². The maximum absolute atomic E-state index is 10.5. The van der Waals surface area contributed by atoms with Crippen molar-refractivity contribution in [3.63, 3.8) is 0 Å². The first-order chi connectivity index (χ1) is 7.63. The summed E-state index contributed by atoms with van der Waals surface area (Å²) in [5.74, 6) is -0.724. The van der Waals surface area contributed by atoms with E-state index in [2.05, 4.69) is 5.16 Å². The molecule has 1 aromatic heterocycles. The molecule has 0 spiro atoms. The Morgan fingerprint density at radius 3 is 3.00 bits per heavy atom. The molecule has 0 amide bonds. The van der Waals surface area contributed by atoms with E-state index in [1.54, 1.807) is 0 Å². The molecule has 0 aliphatic rings. The highest BCUT2D eigenvalue weighted by molar-refractivity contribution is 5.85. The van der Waals surface area contributed by atoms with Crippen LogP contribution in [0.25, 0.3) is 0 Å². The van der Waals surface area contributed by atoms with Gasteiger partial charge in [-0.05, 0) is 13.8 Å². The number of carboxylic acid groups (broad SMARTS) is 1. The van der Waals surface area contributed by atoms with Crippen LogP contribution in [0.5, 0.6) is 0 Å². The topological polar surface area (TPSA) is 81.8 Å². The minimum absolute atomic E-state index is 0.0710. The van der Waals surface area contributed by atoms with E-state index in [9.17, 15) is 4.79 Å². The number of nitrogens with zero attached hydrogens (tertiary/aromatic N) is 1. The minimum atomic E-state index is -1.11.